The van der Waals surface area contributed by atoms with Gasteiger partial charge in [-0.25, -0.2) is 0 Å². The predicted molar refractivity (Wildman–Crippen MR) is 109 cm³/mol. The van der Waals surface area contributed by atoms with Crippen LogP contribution in [0.25, 0.3) is 0 Å². The molecule has 0 radical (unpaired) electrons. The van der Waals surface area contributed by atoms with Gasteiger partial charge >= 0.3 is 0 Å². The van der Waals surface area contributed by atoms with Gasteiger partial charge in [0.2, 0.25) is 0 Å². The average molecular weight is 382 g/mol. The van der Waals surface area contributed by atoms with Crippen molar-refractivity contribution in [1.29, 1.82) is 0 Å². The number of benzene rings is 1. The highest BCUT2D eigenvalue weighted by atomic mass is 16.5. The van der Waals surface area contributed by atoms with Crippen molar-refractivity contribution in [3.63, 3.8) is 0 Å². The first-order valence-electron chi connectivity index (χ1n) is 9.20. The summed E-state index contributed by atoms with van der Waals surface area (Å²) < 4.78 is 10.1. The standard InChI is InChI=1S/C13H12O3.C4H10O3.2C2H6/c14-10-6-2-1-3-8-12(10)16-13-9-5-4-7-11(13)15;5-1-3-7-4-2-6;2*1-2/h2-9,14-15H,1H2;5-6H,1-4H2;2*1-2H3. The molecule has 0 fully saturated rings. The molecule has 0 spiro atoms. The molecule has 0 heterocycles. The van der Waals surface area contributed by atoms with Gasteiger partial charge in [-0.05, 0) is 30.7 Å². The number of ether oxygens (including phenoxy) is 2. The van der Waals surface area contributed by atoms with E-state index in [1.165, 1.54) is 6.07 Å². The minimum absolute atomic E-state index is 0.0278. The lowest BCUT2D eigenvalue weighted by Crippen LogP contribution is -2.03. The Kier molecular flexibility index (Phi) is 20.0. The fourth-order valence-electron chi connectivity index (χ4n) is 1.58. The predicted octanol–water partition coefficient (Wildman–Crippen LogP) is 4.10. The van der Waals surface area contributed by atoms with Crippen molar-refractivity contribution in [2.24, 2.45) is 0 Å². The number of rotatable bonds is 6. The SMILES string of the molecule is CC.CC.OC1=C(Oc2ccccc2O)C=CCC=C1.OCCOCCO. The Morgan fingerprint density at radius 1 is 0.852 bits per heavy atom. The second-order valence-corrected chi connectivity index (χ2v) is 4.42. The lowest BCUT2D eigenvalue weighted by Gasteiger charge is -2.08. The second kappa shape index (κ2) is 20.0. The number of hydrogen-bond acceptors (Lipinski definition) is 6. The Hall–Kier alpha value is -2.28. The summed E-state index contributed by atoms with van der Waals surface area (Å²) in [5.41, 5.74) is 0. The molecule has 0 saturated heterocycles. The van der Waals surface area contributed by atoms with Crippen LogP contribution in [0, 0.1) is 0 Å². The van der Waals surface area contributed by atoms with Crippen molar-refractivity contribution >= 4 is 0 Å². The van der Waals surface area contributed by atoms with Crippen LogP contribution in [-0.2, 0) is 4.74 Å². The highest BCUT2D eigenvalue weighted by Crippen LogP contribution is 2.27. The van der Waals surface area contributed by atoms with Gasteiger partial charge in [0.1, 0.15) is 0 Å². The van der Waals surface area contributed by atoms with Gasteiger partial charge in [0.15, 0.2) is 23.0 Å². The second-order valence-electron chi connectivity index (χ2n) is 4.42. The molecule has 154 valence electrons. The van der Waals surface area contributed by atoms with Crippen LogP contribution in [0.2, 0.25) is 0 Å². The molecule has 0 aliphatic heterocycles. The van der Waals surface area contributed by atoms with Crippen LogP contribution in [0.15, 0.2) is 60.1 Å². The van der Waals surface area contributed by atoms with E-state index in [-0.39, 0.29) is 24.7 Å². The Morgan fingerprint density at radius 3 is 1.96 bits per heavy atom. The summed E-state index contributed by atoms with van der Waals surface area (Å²) in [5, 5.41) is 35.3. The molecular formula is C21H34O6. The summed E-state index contributed by atoms with van der Waals surface area (Å²) >= 11 is 0. The van der Waals surface area contributed by atoms with Crippen molar-refractivity contribution in [2.75, 3.05) is 26.4 Å². The number of phenols is 1. The Balaban J connectivity index is 0. The van der Waals surface area contributed by atoms with Crippen LogP contribution < -0.4 is 4.74 Å². The molecule has 6 nitrogen and oxygen atoms in total. The molecule has 1 aliphatic rings. The summed E-state index contributed by atoms with van der Waals surface area (Å²) in [7, 11) is 0. The van der Waals surface area contributed by atoms with Gasteiger partial charge in [-0.15, -0.1) is 0 Å². The molecule has 6 heteroatoms. The van der Waals surface area contributed by atoms with E-state index < -0.39 is 0 Å². The molecule has 0 amide bonds. The van der Waals surface area contributed by atoms with Crippen LogP contribution >= 0.6 is 0 Å². The van der Waals surface area contributed by atoms with Gasteiger partial charge < -0.3 is 29.9 Å². The molecule has 0 unspecified atom stereocenters. The van der Waals surface area contributed by atoms with Crippen LogP contribution in [0.4, 0.5) is 0 Å². The van der Waals surface area contributed by atoms with Crippen LogP contribution in [0.5, 0.6) is 11.5 Å². The van der Waals surface area contributed by atoms with E-state index in [2.05, 4.69) is 4.74 Å². The molecule has 1 aromatic carbocycles. The van der Waals surface area contributed by atoms with Crippen LogP contribution in [0.1, 0.15) is 34.1 Å². The van der Waals surface area contributed by atoms with Gasteiger partial charge in [0, 0.05) is 0 Å². The average Bonchev–Trinajstić information content (AvgIpc) is 2.92. The molecule has 1 aliphatic carbocycles. The van der Waals surface area contributed by atoms with Crippen LogP contribution in [0.3, 0.4) is 0 Å². The van der Waals surface area contributed by atoms with Gasteiger partial charge in [0.25, 0.3) is 0 Å². The first-order chi connectivity index (χ1) is 13.2. The summed E-state index contributed by atoms with van der Waals surface area (Å²) in [6, 6.07) is 6.63. The molecule has 2 rings (SSSR count). The number of hydrogen-bond donors (Lipinski definition) is 4. The minimum Gasteiger partial charge on any atom is -0.504 e. The summed E-state index contributed by atoms with van der Waals surface area (Å²) in [6.45, 7) is 8.70. The fraction of sp³-hybridized carbons (Fsp3) is 0.429. The lowest BCUT2D eigenvalue weighted by molar-refractivity contribution is 0.0650. The molecule has 27 heavy (non-hydrogen) atoms. The van der Waals surface area contributed by atoms with Gasteiger partial charge in [-0.1, -0.05) is 52.0 Å². The zero-order chi connectivity index (χ0) is 20.9. The number of aromatic hydroxyl groups is 1. The Morgan fingerprint density at radius 2 is 1.41 bits per heavy atom. The topological polar surface area (TPSA) is 99.4 Å². The molecular weight excluding hydrogens is 348 g/mol. The van der Waals surface area contributed by atoms with E-state index in [0.29, 0.717) is 24.7 Å². The summed E-state index contributed by atoms with van der Waals surface area (Å²) in [4.78, 5) is 0. The largest absolute Gasteiger partial charge is 0.504 e. The summed E-state index contributed by atoms with van der Waals surface area (Å²) in [6.07, 6.45) is 7.71. The normalized spacial score (nSPS) is 11.8. The monoisotopic (exact) mass is 382 g/mol. The zero-order valence-electron chi connectivity index (χ0n) is 16.8. The fourth-order valence-corrected chi connectivity index (χ4v) is 1.58. The first kappa shape index (κ1) is 26.9. The number of aliphatic hydroxyl groups excluding tert-OH is 3. The van der Waals surface area contributed by atoms with E-state index in [1.54, 1.807) is 30.4 Å². The highest BCUT2D eigenvalue weighted by Gasteiger charge is 2.07. The number of para-hydroxylation sites is 2. The molecule has 1 aromatic rings. The third-order valence-corrected chi connectivity index (χ3v) is 2.63. The van der Waals surface area contributed by atoms with E-state index in [1.807, 2.05) is 39.8 Å². The minimum atomic E-state index is 0.0278. The van der Waals surface area contributed by atoms with Crippen molar-refractivity contribution in [2.45, 2.75) is 34.1 Å². The smallest absolute Gasteiger partial charge is 0.169 e. The number of phenolic OH excluding ortho intramolecular Hbond substituents is 1. The van der Waals surface area contributed by atoms with E-state index >= 15 is 0 Å². The number of aliphatic hydroxyl groups is 3. The molecule has 0 bridgehead atoms. The highest BCUT2D eigenvalue weighted by molar-refractivity contribution is 5.41. The van der Waals surface area contributed by atoms with E-state index in [0.717, 1.165) is 6.42 Å². The van der Waals surface area contributed by atoms with Crippen molar-refractivity contribution in [1.82, 2.24) is 0 Å². The first-order valence-corrected chi connectivity index (χ1v) is 9.20. The molecule has 4 N–H and O–H groups in total. The lowest BCUT2D eigenvalue weighted by atomic mass is 10.3. The Bertz CT molecular complexity index is 545. The number of allylic oxidation sites excluding steroid dienone is 4. The van der Waals surface area contributed by atoms with Crippen molar-refractivity contribution < 1.29 is 29.9 Å². The maximum atomic E-state index is 9.64. The maximum Gasteiger partial charge on any atom is 0.169 e. The van der Waals surface area contributed by atoms with Crippen LogP contribution in [-0.4, -0.2) is 46.9 Å². The quantitative estimate of drug-likeness (QED) is 0.553. The molecule has 0 aromatic heterocycles. The molecule has 0 atom stereocenters. The summed E-state index contributed by atoms with van der Waals surface area (Å²) in [5.74, 6) is 0.751. The maximum absolute atomic E-state index is 9.64. The Labute approximate surface area is 162 Å². The third-order valence-electron chi connectivity index (χ3n) is 2.63. The third kappa shape index (κ3) is 13.6. The van der Waals surface area contributed by atoms with Crippen molar-refractivity contribution in [3.8, 4) is 11.5 Å². The van der Waals surface area contributed by atoms with E-state index in [4.69, 9.17) is 14.9 Å². The van der Waals surface area contributed by atoms with Gasteiger partial charge in [-0.2, -0.15) is 0 Å². The van der Waals surface area contributed by atoms with Gasteiger partial charge in [-0.3, -0.25) is 0 Å². The molecule has 0 saturated carbocycles. The van der Waals surface area contributed by atoms with Crippen molar-refractivity contribution in [3.05, 3.63) is 60.1 Å². The van der Waals surface area contributed by atoms with Gasteiger partial charge in [0.05, 0.1) is 26.4 Å². The van der Waals surface area contributed by atoms with E-state index in [9.17, 15) is 10.2 Å². The zero-order valence-corrected chi connectivity index (χ0v) is 16.8.